The summed E-state index contributed by atoms with van der Waals surface area (Å²) < 4.78 is 0. The number of hydrogen-bond acceptors (Lipinski definition) is 2. The Morgan fingerprint density at radius 3 is 2.21 bits per heavy atom. The van der Waals surface area contributed by atoms with Crippen molar-refractivity contribution in [2.24, 2.45) is 0 Å². The van der Waals surface area contributed by atoms with Crippen LogP contribution in [0.3, 0.4) is 0 Å². The van der Waals surface area contributed by atoms with Gasteiger partial charge in [0.1, 0.15) is 6.04 Å². The Hall–Kier alpha value is -0.570. The second kappa shape index (κ2) is 6.02. The van der Waals surface area contributed by atoms with Gasteiger partial charge in [-0.1, -0.05) is 32.1 Å². The second-order valence-corrected chi connectivity index (χ2v) is 4.27. The van der Waals surface area contributed by atoms with E-state index in [2.05, 4.69) is 5.32 Å². The molecule has 1 rings (SSSR count). The lowest BCUT2D eigenvalue weighted by Crippen LogP contribution is -2.41. The average Bonchev–Trinajstić information content (AvgIpc) is 2.08. The first-order valence-electron chi connectivity index (χ1n) is 5.69. The monoisotopic (exact) mass is 199 g/mol. The highest BCUT2D eigenvalue weighted by Crippen LogP contribution is 2.17. The van der Waals surface area contributed by atoms with Crippen molar-refractivity contribution < 1.29 is 9.90 Å². The summed E-state index contributed by atoms with van der Waals surface area (Å²) in [5.74, 6) is -0.743. The molecule has 0 bridgehead atoms. The molecular formula is C11H21NO2. The Labute approximate surface area is 85.9 Å². The van der Waals surface area contributed by atoms with Crippen LogP contribution in [0, 0.1) is 0 Å². The van der Waals surface area contributed by atoms with E-state index in [4.69, 9.17) is 5.11 Å². The predicted octanol–water partition coefficient (Wildman–Crippen LogP) is 2.16. The molecular weight excluding hydrogens is 178 g/mol. The average molecular weight is 199 g/mol. The van der Waals surface area contributed by atoms with Crippen LogP contribution < -0.4 is 5.32 Å². The number of carboxylic acid groups (broad SMARTS) is 1. The molecule has 1 fully saturated rings. The molecule has 0 unspecified atom stereocenters. The van der Waals surface area contributed by atoms with Crippen molar-refractivity contribution in [2.75, 3.05) is 0 Å². The molecule has 1 saturated carbocycles. The molecule has 0 aromatic carbocycles. The highest BCUT2D eigenvalue weighted by Gasteiger charge is 2.17. The smallest absolute Gasteiger partial charge is 0.320 e. The first-order chi connectivity index (χ1) is 6.70. The number of carboxylic acids is 1. The Morgan fingerprint density at radius 1 is 1.21 bits per heavy atom. The molecule has 2 N–H and O–H groups in total. The third-order valence-electron chi connectivity index (χ3n) is 2.96. The third-order valence-corrected chi connectivity index (χ3v) is 2.96. The standard InChI is InChI=1S/C11H21NO2/c1-9(11(13)14)12-10-7-5-3-2-4-6-8-10/h9-10,12H,2-8H2,1H3,(H,13,14)/t9-/m0/s1. The predicted molar refractivity (Wildman–Crippen MR) is 56.3 cm³/mol. The van der Waals surface area contributed by atoms with E-state index in [1.165, 1.54) is 32.1 Å². The van der Waals surface area contributed by atoms with Crippen molar-refractivity contribution in [3.05, 3.63) is 0 Å². The Bertz CT molecular complexity index is 174. The number of carbonyl (C=O) groups is 1. The molecule has 3 nitrogen and oxygen atoms in total. The van der Waals surface area contributed by atoms with Gasteiger partial charge >= 0.3 is 5.97 Å². The molecule has 3 heteroatoms. The van der Waals surface area contributed by atoms with Gasteiger partial charge in [0.25, 0.3) is 0 Å². The van der Waals surface area contributed by atoms with Crippen molar-refractivity contribution in [2.45, 2.75) is 64.0 Å². The van der Waals surface area contributed by atoms with Gasteiger partial charge in [0.2, 0.25) is 0 Å². The molecule has 0 aromatic heterocycles. The van der Waals surface area contributed by atoms with E-state index in [1.54, 1.807) is 6.92 Å². The van der Waals surface area contributed by atoms with Gasteiger partial charge in [-0.3, -0.25) is 4.79 Å². The number of rotatable bonds is 3. The Balaban J connectivity index is 2.29. The normalized spacial score (nSPS) is 22.4. The van der Waals surface area contributed by atoms with E-state index in [0.29, 0.717) is 6.04 Å². The van der Waals surface area contributed by atoms with Crippen molar-refractivity contribution in [1.29, 1.82) is 0 Å². The van der Waals surface area contributed by atoms with E-state index >= 15 is 0 Å². The van der Waals surface area contributed by atoms with Crippen molar-refractivity contribution in [3.63, 3.8) is 0 Å². The molecule has 1 aliphatic carbocycles. The van der Waals surface area contributed by atoms with Crippen LogP contribution in [-0.4, -0.2) is 23.2 Å². The van der Waals surface area contributed by atoms with Gasteiger partial charge < -0.3 is 10.4 Å². The summed E-state index contributed by atoms with van der Waals surface area (Å²) in [7, 11) is 0. The lowest BCUT2D eigenvalue weighted by molar-refractivity contribution is -0.139. The minimum Gasteiger partial charge on any atom is -0.480 e. The fraction of sp³-hybridized carbons (Fsp3) is 0.909. The maximum Gasteiger partial charge on any atom is 0.320 e. The maximum atomic E-state index is 10.7. The molecule has 0 aliphatic heterocycles. The summed E-state index contributed by atoms with van der Waals surface area (Å²) in [5, 5.41) is 12.0. The third kappa shape index (κ3) is 4.09. The minimum atomic E-state index is -0.743. The molecule has 14 heavy (non-hydrogen) atoms. The van der Waals surface area contributed by atoms with Crippen LogP contribution in [0.1, 0.15) is 51.9 Å². The molecule has 1 aliphatic rings. The van der Waals surface area contributed by atoms with Crippen molar-refractivity contribution in [1.82, 2.24) is 5.32 Å². The molecule has 0 spiro atoms. The zero-order valence-electron chi connectivity index (χ0n) is 8.96. The zero-order valence-corrected chi connectivity index (χ0v) is 8.96. The SMILES string of the molecule is C[C@H](NC1CCCCCCC1)C(=O)O. The van der Waals surface area contributed by atoms with Gasteiger partial charge in [-0.25, -0.2) is 0 Å². The molecule has 0 saturated heterocycles. The molecule has 0 radical (unpaired) electrons. The van der Waals surface area contributed by atoms with Gasteiger partial charge in [0, 0.05) is 6.04 Å². The van der Waals surface area contributed by atoms with Crippen LogP contribution in [0.2, 0.25) is 0 Å². The van der Waals surface area contributed by atoms with Gasteiger partial charge in [-0.15, -0.1) is 0 Å². The summed E-state index contributed by atoms with van der Waals surface area (Å²) in [6, 6.07) is 0.0147. The first kappa shape index (κ1) is 11.5. The van der Waals surface area contributed by atoms with Crippen LogP contribution in [0.5, 0.6) is 0 Å². The summed E-state index contributed by atoms with van der Waals surface area (Å²) in [6.07, 6.45) is 8.71. The Kier molecular flexibility index (Phi) is 4.94. The zero-order chi connectivity index (χ0) is 10.4. The molecule has 1 atom stereocenters. The Morgan fingerprint density at radius 2 is 1.71 bits per heavy atom. The van der Waals surface area contributed by atoms with Gasteiger partial charge in [0.05, 0.1) is 0 Å². The van der Waals surface area contributed by atoms with Gasteiger partial charge in [-0.05, 0) is 19.8 Å². The van der Waals surface area contributed by atoms with Crippen molar-refractivity contribution in [3.8, 4) is 0 Å². The summed E-state index contributed by atoms with van der Waals surface area (Å²) in [4.78, 5) is 10.7. The summed E-state index contributed by atoms with van der Waals surface area (Å²) >= 11 is 0. The molecule has 82 valence electrons. The van der Waals surface area contributed by atoms with Crippen LogP contribution in [-0.2, 0) is 4.79 Å². The lowest BCUT2D eigenvalue weighted by Gasteiger charge is -2.23. The lowest BCUT2D eigenvalue weighted by atomic mass is 9.96. The second-order valence-electron chi connectivity index (χ2n) is 4.27. The molecule has 0 aromatic rings. The van der Waals surface area contributed by atoms with Crippen LogP contribution >= 0.6 is 0 Å². The highest BCUT2D eigenvalue weighted by atomic mass is 16.4. The van der Waals surface area contributed by atoms with Gasteiger partial charge in [-0.2, -0.15) is 0 Å². The van der Waals surface area contributed by atoms with E-state index in [9.17, 15) is 4.79 Å². The van der Waals surface area contributed by atoms with E-state index in [-0.39, 0.29) is 0 Å². The first-order valence-corrected chi connectivity index (χ1v) is 5.69. The van der Waals surface area contributed by atoms with Crippen LogP contribution in [0.25, 0.3) is 0 Å². The quantitative estimate of drug-likeness (QED) is 0.732. The fourth-order valence-corrected chi connectivity index (χ4v) is 2.05. The molecule has 0 amide bonds. The van der Waals surface area contributed by atoms with E-state index < -0.39 is 12.0 Å². The summed E-state index contributed by atoms with van der Waals surface area (Å²) in [5.41, 5.74) is 0. The van der Waals surface area contributed by atoms with E-state index in [1.807, 2.05) is 0 Å². The number of nitrogens with one attached hydrogen (secondary N) is 1. The van der Waals surface area contributed by atoms with Gasteiger partial charge in [0.15, 0.2) is 0 Å². The summed E-state index contributed by atoms with van der Waals surface area (Å²) in [6.45, 7) is 1.72. The molecule has 0 heterocycles. The van der Waals surface area contributed by atoms with Crippen molar-refractivity contribution >= 4 is 5.97 Å². The van der Waals surface area contributed by atoms with E-state index in [0.717, 1.165) is 12.8 Å². The largest absolute Gasteiger partial charge is 0.480 e. The number of aliphatic carboxylic acids is 1. The maximum absolute atomic E-state index is 10.7. The van der Waals surface area contributed by atoms with Crippen LogP contribution in [0.15, 0.2) is 0 Å². The minimum absolute atomic E-state index is 0.403. The topological polar surface area (TPSA) is 49.3 Å². The number of hydrogen-bond donors (Lipinski definition) is 2. The van der Waals surface area contributed by atoms with Crippen LogP contribution in [0.4, 0.5) is 0 Å². The fourth-order valence-electron chi connectivity index (χ4n) is 2.05. The highest BCUT2D eigenvalue weighted by molar-refractivity contribution is 5.72.